The zero-order valence-corrected chi connectivity index (χ0v) is 25.8. The van der Waals surface area contributed by atoms with E-state index in [0.717, 1.165) is 23.2 Å². The van der Waals surface area contributed by atoms with Gasteiger partial charge in [0.15, 0.2) is 0 Å². The van der Waals surface area contributed by atoms with Gasteiger partial charge in [-0.3, -0.25) is 4.90 Å². The molecule has 0 spiro atoms. The topological polar surface area (TPSA) is 12.5 Å². The van der Waals surface area contributed by atoms with E-state index in [1.807, 2.05) is 0 Å². The zero-order chi connectivity index (χ0) is 25.6. The van der Waals surface area contributed by atoms with Gasteiger partial charge in [0.25, 0.3) is 8.32 Å². The van der Waals surface area contributed by atoms with Crippen LogP contribution < -0.4 is 4.43 Å². The Morgan fingerprint density at radius 2 is 1.29 bits per heavy atom. The highest BCUT2D eigenvalue weighted by molar-refractivity contribution is 9.10. The second kappa shape index (κ2) is 12.7. The predicted octanol–water partition coefficient (Wildman–Crippen LogP) is 9.64. The van der Waals surface area contributed by atoms with Crippen LogP contribution in [0.25, 0.3) is 0 Å². The summed E-state index contributed by atoms with van der Waals surface area (Å²) in [7, 11) is -2.07. The zero-order valence-electron chi connectivity index (χ0n) is 23.2. The van der Waals surface area contributed by atoms with E-state index in [2.05, 4.69) is 139 Å². The normalized spacial score (nSPS) is 13.7. The lowest BCUT2D eigenvalue weighted by Gasteiger charge is -2.43. The highest BCUT2D eigenvalue weighted by Gasteiger charge is 2.47. The number of rotatable bonds is 12. The number of nitrogens with zero attached hydrogens (tertiary/aromatic N) is 1. The molecule has 0 bridgehead atoms. The lowest BCUT2D eigenvalue weighted by molar-refractivity contribution is 0.170. The van der Waals surface area contributed by atoms with Gasteiger partial charge in [-0.1, -0.05) is 87.8 Å². The van der Waals surface area contributed by atoms with Crippen molar-refractivity contribution in [3.8, 4) is 5.75 Å². The van der Waals surface area contributed by atoms with E-state index in [4.69, 9.17) is 4.43 Å². The molecule has 1 atom stereocenters. The first-order valence-corrected chi connectivity index (χ1v) is 16.1. The van der Waals surface area contributed by atoms with Crippen LogP contribution in [0.5, 0.6) is 5.75 Å². The SMILES string of the molecule is CC(C)N(CC[C@H](c1ccccc1)c1cc(Br)ccc1O[Si](C(C)C)(C(C)C)C(C)C)C(C)C. The van der Waals surface area contributed by atoms with Crippen molar-refractivity contribution in [2.75, 3.05) is 6.54 Å². The Hall–Kier alpha value is -1.10. The van der Waals surface area contributed by atoms with Gasteiger partial charge in [0.2, 0.25) is 0 Å². The van der Waals surface area contributed by atoms with Crippen molar-refractivity contribution in [2.45, 2.75) is 110 Å². The first-order chi connectivity index (χ1) is 15.9. The number of hydrogen-bond donors (Lipinski definition) is 0. The van der Waals surface area contributed by atoms with Crippen LogP contribution in [0.3, 0.4) is 0 Å². The van der Waals surface area contributed by atoms with Crippen molar-refractivity contribution < 1.29 is 4.43 Å². The largest absolute Gasteiger partial charge is 0.542 e. The van der Waals surface area contributed by atoms with Crippen molar-refractivity contribution in [2.24, 2.45) is 0 Å². The second-order valence-electron chi connectivity index (χ2n) is 11.3. The van der Waals surface area contributed by atoms with E-state index in [1.54, 1.807) is 0 Å². The van der Waals surface area contributed by atoms with Gasteiger partial charge < -0.3 is 4.43 Å². The predicted molar refractivity (Wildman–Crippen MR) is 156 cm³/mol. The van der Waals surface area contributed by atoms with Crippen molar-refractivity contribution in [1.29, 1.82) is 0 Å². The summed E-state index contributed by atoms with van der Waals surface area (Å²) >= 11 is 3.78. The summed E-state index contributed by atoms with van der Waals surface area (Å²) in [6.07, 6.45) is 1.06. The molecule has 0 fully saturated rings. The van der Waals surface area contributed by atoms with Gasteiger partial charge in [0.1, 0.15) is 5.75 Å². The van der Waals surface area contributed by atoms with Crippen LogP contribution >= 0.6 is 15.9 Å². The molecule has 2 rings (SSSR count). The average molecular weight is 547 g/mol. The Balaban J connectivity index is 2.60. The third-order valence-corrected chi connectivity index (χ3v) is 14.0. The lowest BCUT2D eigenvalue weighted by atomic mass is 9.87. The van der Waals surface area contributed by atoms with Crippen molar-refractivity contribution in [3.05, 3.63) is 64.1 Å². The van der Waals surface area contributed by atoms with Gasteiger partial charge in [-0.25, -0.2) is 0 Å². The summed E-state index contributed by atoms with van der Waals surface area (Å²) in [6, 6.07) is 18.7. The van der Waals surface area contributed by atoms with E-state index in [9.17, 15) is 0 Å². The van der Waals surface area contributed by atoms with Gasteiger partial charge in [-0.05, 0) is 81.0 Å². The molecule has 0 radical (unpaired) electrons. The molecule has 0 aromatic heterocycles. The monoisotopic (exact) mass is 545 g/mol. The summed E-state index contributed by atoms with van der Waals surface area (Å²) < 4.78 is 8.40. The molecule has 2 aromatic rings. The molecule has 4 heteroatoms. The molecular formula is C30H48BrNOSi. The van der Waals surface area contributed by atoms with E-state index in [-0.39, 0.29) is 5.92 Å². The fourth-order valence-electron chi connectivity index (χ4n) is 6.01. The van der Waals surface area contributed by atoms with Crippen molar-refractivity contribution in [1.82, 2.24) is 4.90 Å². The summed E-state index contributed by atoms with van der Waals surface area (Å²) in [5.41, 5.74) is 4.29. The molecule has 0 amide bonds. The molecule has 0 heterocycles. The maximum absolute atomic E-state index is 7.28. The highest BCUT2D eigenvalue weighted by Crippen LogP contribution is 2.45. The summed E-state index contributed by atoms with van der Waals surface area (Å²) in [4.78, 5) is 2.60. The van der Waals surface area contributed by atoms with Gasteiger partial charge >= 0.3 is 0 Å². The molecule has 0 aliphatic rings. The molecule has 0 N–H and O–H groups in total. The second-order valence-corrected chi connectivity index (χ2v) is 17.6. The number of hydrogen-bond acceptors (Lipinski definition) is 2. The van der Waals surface area contributed by atoms with E-state index in [0.29, 0.717) is 28.7 Å². The molecule has 2 nitrogen and oxygen atoms in total. The van der Waals surface area contributed by atoms with Crippen LogP contribution in [0.15, 0.2) is 53.0 Å². The maximum atomic E-state index is 7.28. The first-order valence-electron chi connectivity index (χ1n) is 13.2. The molecule has 0 saturated carbocycles. The van der Waals surface area contributed by atoms with Gasteiger partial charge in [0, 0.05) is 28.0 Å². The Morgan fingerprint density at radius 3 is 1.76 bits per heavy atom. The fraction of sp³-hybridized carbons (Fsp3) is 0.600. The van der Waals surface area contributed by atoms with Gasteiger partial charge in [-0.15, -0.1) is 0 Å². The first kappa shape index (κ1) is 29.1. The van der Waals surface area contributed by atoms with Crippen LogP contribution in [-0.4, -0.2) is 31.8 Å². The molecule has 34 heavy (non-hydrogen) atoms. The van der Waals surface area contributed by atoms with E-state index < -0.39 is 8.32 Å². The fourth-order valence-corrected chi connectivity index (χ4v) is 11.7. The molecule has 0 saturated heterocycles. The van der Waals surface area contributed by atoms with Crippen LogP contribution in [0.4, 0.5) is 0 Å². The maximum Gasteiger partial charge on any atom is 0.258 e. The average Bonchev–Trinajstić information content (AvgIpc) is 2.75. The van der Waals surface area contributed by atoms with Crippen LogP contribution in [0, 0.1) is 0 Å². The molecule has 190 valence electrons. The Labute approximate surface area is 219 Å². The summed E-state index contributed by atoms with van der Waals surface area (Å²) in [5, 5.41) is 0. The van der Waals surface area contributed by atoms with E-state index >= 15 is 0 Å². The Morgan fingerprint density at radius 1 is 0.765 bits per heavy atom. The standard InChI is InChI=1S/C30H48BrNOSi/c1-21(2)32(22(3)4)19-18-28(26-14-12-11-13-15-26)29-20-27(31)16-17-30(29)33-34(23(5)6,24(7)8)25(9)10/h11-17,20-25,28H,18-19H2,1-10H3/t28-/m1/s1. The van der Waals surface area contributed by atoms with Crippen molar-refractivity contribution in [3.63, 3.8) is 0 Å². The molecular weight excluding hydrogens is 498 g/mol. The third-order valence-electron chi connectivity index (χ3n) is 7.55. The van der Waals surface area contributed by atoms with E-state index in [1.165, 1.54) is 11.1 Å². The molecule has 0 aliphatic carbocycles. The lowest BCUT2D eigenvalue weighted by Crippen LogP contribution is -2.51. The quantitative estimate of drug-likeness (QED) is 0.246. The Bertz CT molecular complexity index is 849. The van der Waals surface area contributed by atoms with Gasteiger partial charge in [0.05, 0.1) is 0 Å². The third kappa shape index (κ3) is 6.76. The Kier molecular flexibility index (Phi) is 10.9. The molecule has 2 aromatic carbocycles. The minimum absolute atomic E-state index is 0.284. The van der Waals surface area contributed by atoms with Crippen LogP contribution in [-0.2, 0) is 0 Å². The smallest absolute Gasteiger partial charge is 0.258 e. The summed E-state index contributed by atoms with van der Waals surface area (Å²) in [5.74, 6) is 1.37. The molecule has 0 aliphatic heterocycles. The van der Waals surface area contributed by atoms with Crippen LogP contribution in [0.1, 0.15) is 92.7 Å². The highest BCUT2D eigenvalue weighted by atomic mass is 79.9. The van der Waals surface area contributed by atoms with Crippen LogP contribution in [0.2, 0.25) is 16.6 Å². The number of benzene rings is 2. The van der Waals surface area contributed by atoms with Gasteiger partial charge in [-0.2, -0.15) is 0 Å². The summed E-state index contributed by atoms with van der Waals surface area (Å²) in [6.45, 7) is 24.5. The number of halogens is 1. The minimum Gasteiger partial charge on any atom is -0.542 e. The minimum atomic E-state index is -2.07. The molecule has 0 unspecified atom stereocenters. The van der Waals surface area contributed by atoms with Crippen molar-refractivity contribution >= 4 is 24.2 Å².